The molecule has 5 rings (SSSR count). The maximum atomic E-state index is 15.9. The van der Waals surface area contributed by atoms with E-state index < -0.39 is 11.6 Å². The lowest BCUT2D eigenvalue weighted by atomic mass is 10.1. The van der Waals surface area contributed by atoms with Gasteiger partial charge in [-0.15, -0.1) is 0 Å². The van der Waals surface area contributed by atoms with Crippen LogP contribution in [0.1, 0.15) is 0 Å². The monoisotopic (exact) mass is 378 g/mol. The van der Waals surface area contributed by atoms with E-state index in [1.165, 1.54) is 68.3 Å². The Balaban J connectivity index is 1.96. The van der Waals surface area contributed by atoms with Gasteiger partial charge in [0.05, 0.1) is 0 Å². The van der Waals surface area contributed by atoms with E-state index in [1.807, 2.05) is 0 Å². The van der Waals surface area contributed by atoms with Crippen molar-refractivity contribution in [2.45, 2.75) is 0 Å². The molecule has 10 heteroatoms. The second-order valence-corrected chi connectivity index (χ2v) is 5.82. The summed E-state index contributed by atoms with van der Waals surface area (Å²) in [6.45, 7) is 0. The van der Waals surface area contributed by atoms with Crippen LogP contribution in [-0.2, 0) is 0 Å². The maximum Gasteiger partial charge on any atom is 0.179 e. The molecule has 0 radical (unpaired) electrons. The first kappa shape index (κ1) is 16.1. The molecule has 1 aromatic carbocycles. The molecule has 5 aromatic rings. The zero-order valence-electron chi connectivity index (χ0n) is 14.3. The first-order chi connectivity index (χ1) is 13.8. The molecule has 0 atom stereocenters. The largest absolute Gasteiger partial charge is 0.236 e. The second kappa shape index (κ2) is 6.27. The number of rotatable bonds is 4. The van der Waals surface area contributed by atoms with Crippen LogP contribution in [0.3, 0.4) is 0 Å². The molecule has 4 aromatic heterocycles. The summed E-state index contributed by atoms with van der Waals surface area (Å²) in [5, 5.41) is 16.4. The van der Waals surface area contributed by atoms with Crippen molar-refractivity contribution in [3.05, 3.63) is 85.5 Å². The normalized spacial score (nSPS) is 11.2. The van der Waals surface area contributed by atoms with Gasteiger partial charge in [0.25, 0.3) is 0 Å². The molecule has 0 bridgehead atoms. The van der Waals surface area contributed by atoms with E-state index in [2.05, 4.69) is 20.4 Å². The van der Waals surface area contributed by atoms with Gasteiger partial charge in [-0.3, -0.25) is 0 Å². The molecule has 8 nitrogen and oxygen atoms in total. The highest BCUT2D eigenvalue weighted by molar-refractivity contribution is 5.68. The van der Waals surface area contributed by atoms with Crippen molar-refractivity contribution in [1.82, 2.24) is 39.1 Å². The Morgan fingerprint density at radius 3 is 0.893 bits per heavy atom. The van der Waals surface area contributed by atoms with Crippen molar-refractivity contribution < 1.29 is 8.78 Å². The summed E-state index contributed by atoms with van der Waals surface area (Å²) < 4.78 is 36.9. The molecule has 0 amide bonds. The van der Waals surface area contributed by atoms with E-state index >= 15 is 8.78 Å². The quantitative estimate of drug-likeness (QED) is 0.482. The number of hydrogen-bond donors (Lipinski definition) is 0. The molecule has 0 aliphatic heterocycles. The van der Waals surface area contributed by atoms with Gasteiger partial charge in [0.2, 0.25) is 0 Å². The molecule has 4 heterocycles. The smallest absolute Gasteiger partial charge is 0.179 e. The molecule has 138 valence electrons. The minimum Gasteiger partial charge on any atom is -0.236 e. The maximum absolute atomic E-state index is 15.9. The van der Waals surface area contributed by atoms with E-state index in [-0.39, 0.29) is 22.7 Å². The lowest BCUT2D eigenvalue weighted by Crippen LogP contribution is -2.17. The fraction of sp³-hybridized carbons (Fsp3) is 0. The predicted octanol–water partition coefficient (Wildman–Crippen LogP) is 2.71. The molecule has 0 saturated heterocycles. The summed E-state index contributed by atoms with van der Waals surface area (Å²) in [7, 11) is 0. The van der Waals surface area contributed by atoms with Gasteiger partial charge in [0, 0.05) is 49.6 Å². The van der Waals surface area contributed by atoms with E-state index in [0.29, 0.717) is 0 Å². The van der Waals surface area contributed by atoms with Gasteiger partial charge in [0.15, 0.2) is 11.6 Å². The highest BCUT2D eigenvalue weighted by atomic mass is 19.1. The summed E-state index contributed by atoms with van der Waals surface area (Å²) in [6, 6.07) is 6.50. The minimum absolute atomic E-state index is 0.0902. The third kappa shape index (κ3) is 2.35. The number of aromatic nitrogens is 8. The van der Waals surface area contributed by atoms with Crippen molar-refractivity contribution in [1.29, 1.82) is 0 Å². The van der Waals surface area contributed by atoms with Crippen molar-refractivity contribution in [3.63, 3.8) is 0 Å². The van der Waals surface area contributed by atoms with Crippen LogP contribution in [0.15, 0.2) is 73.8 Å². The van der Waals surface area contributed by atoms with Gasteiger partial charge in [-0.25, -0.2) is 27.5 Å². The van der Waals surface area contributed by atoms with Gasteiger partial charge < -0.3 is 0 Å². The lowest BCUT2D eigenvalue weighted by molar-refractivity contribution is 0.552. The topological polar surface area (TPSA) is 71.3 Å². The van der Waals surface area contributed by atoms with Crippen LogP contribution >= 0.6 is 0 Å². The molecule has 0 N–H and O–H groups in total. The first-order valence-electron chi connectivity index (χ1n) is 8.30. The van der Waals surface area contributed by atoms with Crippen molar-refractivity contribution in [2.24, 2.45) is 0 Å². The van der Waals surface area contributed by atoms with E-state index in [1.54, 1.807) is 24.3 Å². The number of halogens is 2. The second-order valence-electron chi connectivity index (χ2n) is 5.82. The molecule has 0 fully saturated rings. The van der Waals surface area contributed by atoms with Crippen molar-refractivity contribution in [3.8, 4) is 22.7 Å². The fourth-order valence-corrected chi connectivity index (χ4v) is 3.08. The Hall–Kier alpha value is -4.08. The van der Waals surface area contributed by atoms with Gasteiger partial charge in [-0.05, 0) is 24.3 Å². The number of hydrogen-bond acceptors (Lipinski definition) is 4. The summed E-state index contributed by atoms with van der Waals surface area (Å²) >= 11 is 0. The van der Waals surface area contributed by atoms with E-state index in [9.17, 15) is 0 Å². The van der Waals surface area contributed by atoms with Gasteiger partial charge >= 0.3 is 0 Å². The van der Waals surface area contributed by atoms with Crippen LogP contribution in [0.25, 0.3) is 22.7 Å². The van der Waals surface area contributed by atoms with Crippen LogP contribution in [-0.4, -0.2) is 39.1 Å². The zero-order valence-corrected chi connectivity index (χ0v) is 14.3. The van der Waals surface area contributed by atoms with Crippen molar-refractivity contribution in [2.75, 3.05) is 0 Å². The Morgan fingerprint density at radius 1 is 0.464 bits per heavy atom. The van der Waals surface area contributed by atoms with Gasteiger partial charge in [-0.2, -0.15) is 20.4 Å². The summed E-state index contributed by atoms with van der Waals surface area (Å²) in [4.78, 5) is 0. The Bertz CT molecular complexity index is 1020. The van der Waals surface area contributed by atoms with Crippen LogP contribution in [0.2, 0.25) is 0 Å². The average Bonchev–Trinajstić information content (AvgIpc) is 3.51. The Kier molecular flexibility index (Phi) is 3.61. The molecule has 0 unspecified atom stereocenters. The molecular weight excluding hydrogens is 366 g/mol. The average molecular weight is 378 g/mol. The molecule has 28 heavy (non-hydrogen) atoms. The minimum atomic E-state index is -0.718. The molecular formula is C18H12F2N8. The van der Waals surface area contributed by atoms with Gasteiger partial charge in [-0.1, -0.05) is 0 Å². The third-order valence-electron chi connectivity index (χ3n) is 4.21. The standard InChI is InChI=1S/C18H12F2N8/c19-13-15(25-9-1-5-21-25)16(26-10-2-6-22-26)14(20)18(28-12-4-8-24-28)17(13)27-11-3-7-23-27/h1-12H. The van der Waals surface area contributed by atoms with E-state index in [4.69, 9.17) is 0 Å². The highest BCUT2D eigenvalue weighted by Gasteiger charge is 2.30. The molecule has 0 saturated carbocycles. The van der Waals surface area contributed by atoms with Crippen molar-refractivity contribution >= 4 is 0 Å². The van der Waals surface area contributed by atoms with Crippen LogP contribution in [0.4, 0.5) is 8.78 Å². The zero-order chi connectivity index (χ0) is 19.1. The SMILES string of the molecule is Fc1c(-n2cccn2)c(-n2cccn2)c(F)c(-n2cccn2)c1-n1cccn1. The third-order valence-corrected chi connectivity index (χ3v) is 4.21. The van der Waals surface area contributed by atoms with Crippen LogP contribution in [0, 0.1) is 11.6 Å². The highest BCUT2D eigenvalue weighted by Crippen LogP contribution is 2.35. The number of nitrogens with zero attached hydrogens (tertiary/aromatic N) is 8. The summed E-state index contributed by atoms with van der Waals surface area (Å²) in [5.74, 6) is -1.44. The predicted molar refractivity (Wildman–Crippen MR) is 94.8 cm³/mol. The van der Waals surface area contributed by atoms with E-state index in [0.717, 1.165) is 0 Å². The lowest BCUT2D eigenvalue weighted by Gasteiger charge is -2.19. The van der Waals surface area contributed by atoms with Gasteiger partial charge in [0.1, 0.15) is 22.7 Å². The summed E-state index contributed by atoms with van der Waals surface area (Å²) in [6.07, 6.45) is 12.1. The van der Waals surface area contributed by atoms with Crippen LogP contribution < -0.4 is 0 Å². The fourth-order valence-electron chi connectivity index (χ4n) is 3.08. The Morgan fingerprint density at radius 2 is 0.714 bits per heavy atom. The molecule has 0 aliphatic carbocycles. The Labute approximate surface area is 156 Å². The van der Waals surface area contributed by atoms with Crippen LogP contribution in [0.5, 0.6) is 0 Å². The molecule has 0 spiro atoms. The summed E-state index contributed by atoms with van der Waals surface area (Å²) in [5.41, 5.74) is -0.361. The first-order valence-corrected chi connectivity index (χ1v) is 8.30. The molecule has 0 aliphatic rings. The number of benzene rings is 1.